The van der Waals surface area contributed by atoms with Gasteiger partial charge < -0.3 is 10.5 Å². The summed E-state index contributed by atoms with van der Waals surface area (Å²) >= 11 is 4.46. The zero-order valence-corrected chi connectivity index (χ0v) is 14.7. The summed E-state index contributed by atoms with van der Waals surface area (Å²) in [6.07, 6.45) is 4.64. The minimum Gasteiger partial charge on any atom is -0.375 e. The molecule has 2 saturated heterocycles. The van der Waals surface area contributed by atoms with E-state index in [1.165, 1.54) is 33.5 Å². The number of hydrogen-bond donors (Lipinski definition) is 1. The van der Waals surface area contributed by atoms with Gasteiger partial charge in [-0.15, -0.1) is 0 Å². The summed E-state index contributed by atoms with van der Waals surface area (Å²) in [5.74, 6) is 3.04. The second kappa shape index (κ2) is 6.55. The summed E-state index contributed by atoms with van der Waals surface area (Å²) in [6.45, 7) is 0.881. The molecule has 0 aromatic heterocycles. The van der Waals surface area contributed by atoms with E-state index in [4.69, 9.17) is 10.5 Å². The molecule has 2 fully saturated rings. The fraction of sp³-hybridized carbons (Fsp3) is 0.625. The van der Waals surface area contributed by atoms with E-state index < -0.39 is 0 Å². The van der Waals surface area contributed by atoms with Crippen molar-refractivity contribution < 1.29 is 4.74 Å². The van der Waals surface area contributed by atoms with Gasteiger partial charge in [0.25, 0.3) is 0 Å². The zero-order valence-electron chi connectivity index (χ0n) is 11.7. The van der Waals surface area contributed by atoms with Crippen molar-refractivity contribution in [3.8, 4) is 0 Å². The Labute approximate surface area is 139 Å². The normalized spacial score (nSPS) is 27.4. The summed E-state index contributed by atoms with van der Waals surface area (Å²) in [7, 11) is 0. The molecule has 0 amide bonds. The van der Waals surface area contributed by atoms with Crippen molar-refractivity contribution in [1.82, 2.24) is 0 Å². The van der Waals surface area contributed by atoms with E-state index in [1.807, 2.05) is 0 Å². The Hall–Kier alpha value is 0.220. The average Bonchev–Trinajstić information content (AvgIpc) is 2.48. The minimum atomic E-state index is 0.131. The molecule has 0 aliphatic carbocycles. The Kier molecular flexibility index (Phi) is 4.95. The monoisotopic (exact) mass is 403 g/mol. The van der Waals surface area contributed by atoms with E-state index >= 15 is 0 Å². The molecule has 110 valence electrons. The first-order valence-corrected chi connectivity index (χ1v) is 9.65. The summed E-state index contributed by atoms with van der Waals surface area (Å²) in [5, 5.41) is 0. The summed E-state index contributed by atoms with van der Waals surface area (Å²) in [5.41, 5.74) is 8.03. The van der Waals surface area contributed by atoms with E-state index in [0.717, 1.165) is 19.4 Å². The molecule has 1 aromatic carbocycles. The summed E-state index contributed by atoms with van der Waals surface area (Å²) in [4.78, 5) is 0. The van der Waals surface area contributed by atoms with Crippen LogP contribution in [0.15, 0.2) is 24.3 Å². The molecule has 2 heterocycles. The first-order chi connectivity index (χ1) is 9.70. The maximum absolute atomic E-state index is 6.59. The largest absolute Gasteiger partial charge is 0.375 e. The van der Waals surface area contributed by atoms with Gasteiger partial charge in [0.1, 0.15) is 0 Å². The van der Waals surface area contributed by atoms with Crippen molar-refractivity contribution in [2.45, 2.75) is 37.3 Å². The lowest BCUT2D eigenvalue weighted by atomic mass is 9.77. The second-order valence-electron chi connectivity index (χ2n) is 5.94. The predicted molar refractivity (Wildman–Crippen MR) is 94.1 cm³/mol. The molecule has 20 heavy (non-hydrogen) atoms. The highest BCUT2D eigenvalue weighted by Gasteiger charge is 2.40. The predicted octanol–water partition coefficient (Wildman–Crippen LogP) is 3.98. The third-order valence-corrected chi connectivity index (χ3v) is 6.68. The Morgan fingerprint density at radius 3 is 2.80 bits per heavy atom. The van der Waals surface area contributed by atoms with Crippen molar-refractivity contribution in [3.05, 3.63) is 33.4 Å². The van der Waals surface area contributed by atoms with Gasteiger partial charge in [-0.25, -0.2) is 0 Å². The molecule has 2 unspecified atom stereocenters. The first-order valence-electron chi connectivity index (χ1n) is 7.42. The van der Waals surface area contributed by atoms with Gasteiger partial charge >= 0.3 is 0 Å². The van der Waals surface area contributed by atoms with Crippen molar-refractivity contribution in [1.29, 1.82) is 0 Å². The molecule has 1 aromatic rings. The average molecular weight is 403 g/mol. The van der Waals surface area contributed by atoms with E-state index in [0.29, 0.717) is 5.92 Å². The molecular weight excluding hydrogens is 381 g/mol. The van der Waals surface area contributed by atoms with Crippen molar-refractivity contribution in [3.63, 3.8) is 0 Å². The maximum atomic E-state index is 6.59. The van der Waals surface area contributed by atoms with Gasteiger partial charge in [0, 0.05) is 16.2 Å². The topological polar surface area (TPSA) is 35.2 Å². The van der Waals surface area contributed by atoms with Crippen LogP contribution in [0.4, 0.5) is 0 Å². The summed E-state index contributed by atoms with van der Waals surface area (Å²) < 4.78 is 7.47. The Morgan fingerprint density at radius 1 is 1.30 bits per heavy atom. The van der Waals surface area contributed by atoms with Crippen LogP contribution in [0.3, 0.4) is 0 Å². The lowest BCUT2D eigenvalue weighted by molar-refractivity contribution is -0.105. The number of halogens is 1. The van der Waals surface area contributed by atoms with Crippen LogP contribution >= 0.6 is 34.4 Å². The highest BCUT2D eigenvalue weighted by Crippen LogP contribution is 2.43. The van der Waals surface area contributed by atoms with Crippen LogP contribution in [0.1, 0.15) is 37.3 Å². The van der Waals surface area contributed by atoms with Crippen LogP contribution in [0.2, 0.25) is 0 Å². The molecule has 0 bridgehead atoms. The van der Waals surface area contributed by atoms with Gasteiger partial charge in [-0.05, 0) is 77.3 Å². The van der Waals surface area contributed by atoms with Crippen LogP contribution in [0.5, 0.6) is 0 Å². The standard InChI is InChI=1S/C16H22INOS/c17-14-4-2-1-3-13(14)15(18)12-5-8-19-16(11-12)6-9-20-10-7-16/h1-4,12,15H,5-11,18H2. The smallest absolute Gasteiger partial charge is 0.0701 e. The van der Waals surface area contributed by atoms with Crippen LogP contribution in [0, 0.1) is 9.49 Å². The molecule has 3 rings (SSSR count). The highest BCUT2D eigenvalue weighted by molar-refractivity contribution is 14.1. The quantitative estimate of drug-likeness (QED) is 0.759. The lowest BCUT2D eigenvalue weighted by Crippen LogP contribution is -2.45. The van der Waals surface area contributed by atoms with Gasteiger partial charge in [-0.2, -0.15) is 11.8 Å². The van der Waals surface area contributed by atoms with Crippen molar-refractivity contribution in [2.75, 3.05) is 18.1 Å². The molecule has 0 saturated carbocycles. The Bertz CT molecular complexity index is 456. The van der Waals surface area contributed by atoms with Crippen LogP contribution in [-0.2, 0) is 4.74 Å². The van der Waals surface area contributed by atoms with E-state index in [2.05, 4.69) is 58.6 Å². The van der Waals surface area contributed by atoms with Crippen molar-refractivity contribution in [2.24, 2.45) is 11.7 Å². The number of ether oxygens (including phenoxy) is 1. The SMILES string of the molecule is NC(c1ccccc1I)C1CCOC2(CCSCC2)C1. The molecule has 2 atom stereocenters. The lowest BCUT2D eigenvalue weighted by Gasteiger charge is -2.45. The molecule has 2 aliphatic rings. The van der Waals surface area contributed by atoms with Gasteiger partial charge in [0.2, 0.25) is 0 Å². The number of nitrogens with two attached hydrogens (primary N) is 1. The van der Waals surface area contributed by atoms with E-state index in [-0.39, 0.29) is 11.6 Å². The molecule has 2 nitrogen and oxygen atoms in total. The van der Waals surface area contributed by atoms with Crippen LogP contribution in [-0.4, -0.2) is 23.7 Å². The van der Waals surface area contributed by atoms with Crippen molar-refractivity contribution >= 4 is 34.4 Å². The summed E-state index contributed by atoms with van der Waals surface area (Å²) in [6, 6.07) is 8.68. The van der Waals surface area contributed by atoms with E-state index in [1.54, 1.807) is 0 Å². The third-order valence-electron chi connectivity index (χ3n) is 4.71. The third kappa shape index (κ3) is 3.18. The van der Waals surface area contributed by atoms with Gasteiger partial charge in [-0.1, -0.05) is 18.2 Å². The number of hydrogen-bond acceptors (Lipinski definition) is 3. The fourth-order valence-electron chi connectivity index (χ4n) is 3.46. The number of thioether (sulfide) groups is 1. The van der Waals surface area contributed by atoms with Crippen LogP contribution < -0.4 is 5.73 Å². The molecule has 2 N–H and O–H groups in total. The Morgan fingerprint density at radius 2 is 2.05 bits per heavy atom. The minimum absolute atomic E-state index is 0.131. The molecule has 0 radical (unpaired) electrons. The molecule has 1 spiro atoms. The maximum Gasteiger partial charge on any atom is 0.0701 e. The van der Waals surface area contributed by atoms with Gasteiger partial charge in [-0.3, -0.25) is 0 Å². The first kappa shape index (κ1) is 15.1. The van der Waals surface area contributed by atoms with Crippen LogP contribution in [0.25, 0.3) is 0 Å². The number of rotatable bonds is 2. The fourth-order valence-corrected chi connectivity index (χ4v) is 5.45. The molecular formula is C16H22INOS. The second-order valence-corrected chi connectivity index (χ2v) is 8.33. The van der Waals surface area contributed by atoms with Gasteiger partial charge in [0.15, 0.2) is 0 Å². The van der Waals surface area contributed by atoms with E-state index in [9.17, 15) is 0 Å². The zero-order chi connectivity index (χ0) is 14.0. The molecule has 4 heteroatoms. The van der Waals surface area contributed by atoms with Gasteiger partial charge in [0.05, 0.1) is 5.60 Å². The highest BCUT2D eigenvalue weighted by atomic mass is 127. The molecule has 2 aliphatic heterocycles. The number of benzene rings is 1. The Balaban J connectivity index is 1.75.